The van der Waals surface area contributed by atoms with E-state index in [0.29, 0.717) is 19.0 Å². The highest BCUT2D eigenvalue weighted by molar-refractivity contribution is 5.80. The standard InChI is InChI=1S/C12H20F3NO2/c1-9-4-3-6-16(7-5-9)11(17)10(2)18-8-12(13,14)15/h9-10H,3-8H2,1-2H3/t9-,10+/m0/s1. The molecule has 0 saturated carbocycles. The fraction of sp³-hybridized carbons (Fsp3) is 0.917. The smallest absolute Gasteiger partial charge is 0.359 e. The highest BCUT2D eigenvalue weighted by Crippen LogP contribution is 2.19. The minimum atomic E-state index is -4.39. The molecule has 3 nitrogen and oxygen atoms in total. The minimum absolute atomic E-state index is 0.339. The van der Waals surface area contributed by atoms with Gasteiger partial charge in [-0.05, 0) is 32.1 Å². The second-order valence-electron chi connectivity index (χ2n) is 4.93. The summed E-state index contributed by atoms with van der Waals surface area (Å²) in [5, 5.41) is 0. The van der Waals surface area contributed by atoms with Crippen LogP contribution in [-0.4, -0.2) is 42.8 Å². The fourth-order valence-electron chi connectivity index (χ4n) is 2.03. The third-order valence-electron chi connectivity index (χ3n) is 3.17. The summed E-state index contributed by atoms with van der Waals surface area (Å²) in [7, 11) is 0. The van der Waals surface area contributed by atoms with Crippen LogP contribution in [0.1, 0.15) is 33.1 Å². The van der Waals surface area contributed by atoms with E-state index in [-0.39, 0.29) is 5.91 Å². The van der Waals surface area contributed by atoms with Gasteiger partial charge in [0, 0.05) is 13.1 Å². The molecule has 0 N–H and O–H groups in total. The zero-order valence-electron chi connectivity index (χ0n) is 10.8. The summed E-state index contributed by atoms with van der Waals surface area (Å²) in [6.07, 6.45) is -2.56. The van der Waals surface area contributed by atoms with E-state index in [4.69, 9.17) is 0 Å². The van der Waals surface area contributed by atoms with Gasteiger partial charge in [-0.2, -0.15) is 13.2 Å². The number of likely N-dealkylation sites (tertiary alicyclic amines) is 1. The molecular weight excluding hydrogens is 247 g/mol. The molecule has 1 aliphatic rings. The number of hydrogen-bond donors (Lipinski definition) is 0. The third kappa shape index (κ3) is 5.25. The first-order valence-electron chi connectivity index (χ1n) is 6.26. The number of ether oxygens (including phenoxy) is 1. The Kier molecular flexibility index (Phi) is 5.44. The van der Waals surface area contributed by atoms with Crippen molar-refractivity contribution >= 4 is 5.91 Å². The highest BCUT2D eigenvalue weighted by atomic mass is 19.4. The molecule has 6 heteroatoms. The van der Waals surface area contributed by atoms with Gasteiger partial charge in [0.15, 0.2) is 0 Å². The molecule has 0 aromatic carbocycles. The van der Waals surface area contributed by atoms with Crippen LogP contribution in [0, 0.1) is 5.92 Å². The Hall–Kier alpha value is -0.780. The van der Waals surface area contributed by atoms with Crippen molar-refractivity contribution in [2.24, 2.45) is 5.92 Å². The zero-order valence-corrected chi connectivity index (χ0v) is 10.8. The van der Waals surface area contributed by atoms with Gasteiger partial charge in [0.2, 0.25) is 0 Å². The average molecular weight is 267 g/mol. The second-order valence-corrected chi connectivity index (χ2v) is 4.93. The molecule has 1 heterocycles. The Bertz CT molecular complexity index is 281. The van der Waals surface area contributed by atoms with E-state index in [0.717, 1.165) is 19.3 Å². The summed E-state index contributed by atoms with van der Waals surface area (Å²) in [6.45, 7) is 3.35. The fourth-order valence-corrected chi connectivity index (χ4v) is 2.03. The number of halogens is 3. The Morgan fingerprint density at radius 2 is 2.06 bits per heavy atom. The summed E-state index contributed by atoms with van der Waals surface area (Å²) in [6, 6.07) is 0. The van der Waals surface area contributed by atoms with E-state index in [9.17, 15) is 18.0 Å². The van der Waals surface area contributed by atoms with Gasteiger partial charge >= 0.3 is 6.18 Å². The Morgan fingerprint density at radius 3 is 2.67 bits per heavy atom. The number of amides is 1. The van der Waals surface area contributed by atoms with Crippen LogP contribution < -0.4 is 0 Å². The quantitative estimate of drug-likeness (QED) is 0.786. The van der Waals surface area contributed by atoms with Gasteiger partial charge < -0.3 is 9.64 Å². The van der Waals surface area contributed by atoms with Gasteiger partial charge in [-0.1, -0.05) is 6.92 Å². The molecule has 0 radical (unpaired) electrons. The molecule has 0 bridgehead atoms. The van der Waals surface area contributed by atoms with Gasteiger partial charge in [0.25, 0.3) is 5.91 Å². The number of alkyl halides is 3. The highest BCUT2D eigenvalue weighted by Gasteiger charge is 2.31. The molecule has 1 fully saturated rings. The molecule has 0 aliphatic carbocycles. The molecule has 18 heavy (non-hydrogen) atoms. The first-order valence-corrected chi connectivity index (χ1v) is 6.26. The lowest BCUT2D eigenvalue weighted by Gasteiger charge is -2.24. The minimum Gasteiger partial charge on any atom is -0.359 e. The number of rotatable bonds is 3. The van der Waals surface area contributed by atoms with Crippen molar-refractivity contribution in [2.45, 2.75) is 45.4 Å². The van der Waals surface area contributed by atoms with Crippen molar-refractivity contribution in [2.75, 3.05) is 19.7 Å². The molecule has 0 aromatic rings. The first-order chi connectivity index (χ1) is 8.29. The van der Waals surface area contributed by atoms with Gasteiger partial charge in [-0.3, -0.25) is 4.79 Å². The van der Waals surface area contributed by atoms with Crippen molar-refractivity contribution in [1.29, 1.82) is 0 Å². The van der Waals surface area contributed by atoms with Gasteiger partial charge in [-0.25, -0.2) is 0 Å². The average Bonchev–Trinajstić information content (AvgIpc) is 2.49. The SMILES string of the molecule is C[C@H]1CCCN(C(=O)[C@@H](C)OCC(F)(F)F)CC1. The third-order valence-corrected chi connectivity index (χ3v) is 3.17. The predicted octanol–water partition coefficient (Wildman–Crippen LogP) is 2.60. The van der Waals surface area contributed by atoms with Crippen LogP contribution in [0.15, 0.2) is 0 Å². The lowest BCUT2D eigenvalue weighted by atomic mass is 10.0. The van der Waals surface area contributed by atoms with Crippen molar-refractivity contribution in [1.82, 2.24) is 4.90 Å². The van der Waals surface area contributed by atoms with Crippen LogP contribution in [0.3, 0.4) is 0 Å². The molecule has 1 saturated heterocycles. The first kappa shape index (κ1) is 15.3. The largest absolute Gasteiger partial charge is 0.411 e. The Morgan fingerprint density at radius 1 is 1.39 bits per heavy atom. The summed E-state index contributed by atoms with van der Waals surface area (Å²) in [4.78, 5) is 13.5. The van der Waals surface area contributed by atoms with E-state index in [1.54, 1.807) is 4.90 Å². The lowest BCUT2D eigenvalue weighted by molar-refractivity contribution is -0.188. The van der Waals surface area contributed by atoms with Crippen LogP contribution in [0.2, 0.25) is 0 Å². The number of carbonyl (C=O) groups is 1. The van der Waals surface area contributed by atoms with Crippen molar-refractivity contribution in [3.63, 3.8) is 0 Å². The Balaban J connectivity index is 2.42. The van der Waals surface area contributed by atoms with E-state index < -0.39 is 18.9 Å². The summed E-state index contributed by atoms with van der Waals surface area (Å²) < 4.78 is 40.5. The maximum absolute atomic E-state index is 12.0. The lowest BCUT2D eigenvalue weighted by Crippen LogP contribution is -2.40. The van der Waals surface area contributed by atoms with Crippen molar-refractivity contribution in [3.8, 4) is 0 Å². The molecule has 1 amide bonds. The molecule has 1 rings (SSSR count). The molecule has 0 unspecified atom stereocenters. The van der Waals surface area contributed by atoms with Crippen molar-refractivity contribution < 1.29 is 22.7 Å². The van der Waals surface area contributed by atoms with Crippen LogP contribution >= 0.6 is 0 Å². The maximum Gasteiger partial charge on any atom is 0.411 e. The molecule has 0 aromatic heterocycles. The van der Waals surface area contributed by atoms with Crippen LogP contribution in [-0.2, 0) is 9.53 Å². The summed E-state index contributed by atoms with van der Waals surface area (Å²) in [5.74, 6) is 0.225. The molecule has 106 valence electrons. The topological polar surface area (TPSA) is 29.5 Å². The Labute approximate surface area is 105 Å². The number of carbonyl (C=O) groups excluding carboxylic acids is 1. The number of hydrogen-bond acceptors (Lipinski definition) is 2. The van der Waals surface area contributed by atoms with E-state index >= 15 is 0 Å². The van der Waals surface area contributed by atoms with Gasteiger partial charge in [0.05, 0.1) is 0 Å². The van der Waals surface area contributed by atoms with Gasteiger partial charge in [0.1, 0.15) is 12.7 Å². The second kappa shape index (κ2) is 6.41. The predicted molar refractivity (Wildman–Crippen MR) is 61.1 cm³/mol. The van der Waals surface area contributed by atoms with E-state index in [2.05, 4.69) is 11.7 Å². The van der Waals surface area contributed by atoms with Crippen LogP contribution in [0.25, 0.3) is 0 Å². The summed E-state index contributed by atoms with van der Waals surface area (Å²) >= 11 is 0. The normalized spacial score (nSPS) is 23.6. The van der Waals surface area contributed by atoms with E-state index in [1.807, 2.05) is 0 Å². The van der Waals surface area contributed by atoms with E-state index in [1.165, 1.54) is 6.92 Å². The van der Waals surface area contributed by atoms with Crippen LogP contribution in [0.4, 0.5) is 13.2 Å². The maximum atomic E-state index is 12.0. The molecule has 0 spiro atoms. The van der Waals surface area contributed by atoms with Crippen molar-refractivity contribution in [3.05, 3.63) is 0 Å². The van der Waals surface area contributed by atoms with Gasteiger partial charge in [-0.15, -0.1) is 0 Å². The zero-order chi connectivity index (χ0) is 13.8. The molecule has 1 aliphatic heterocycles. The molecule has 2 atom stereocenters. The summed E-state index contributed by atoms with van der Waals surface area (Å²) in [5.41, 5.74) is 0. The monoisotopic (exact) mass is 267 g/mol. The number of nitrogens with zero attached hydrogens (tertiary/aromatic N) is 1. The molecular formula is C12H20F3NO2. The van der Waals surface area contributed by atoms with Crippen LogP contribution in [0.5, 0.6) is 0 Å².